The Morgan fingerprint density at radius 1 is 1.52 bits per heavy atom. The van der Waals surface area contributed by atoms with E-state index in [0.717, 1.165) is 32.5 Å². The van der Waals surface area contributed by atoms with Crippen LogP contribution in [0.1, 0.15) is 19.8 Å². The Kier molecular flexibility index (Phi) is 8.89. The van der Waals surface area contributed by atoms with E-state index in [2.05, 4.69) is 21.9 Å². The number of aliphatic carboxylic acids is 1. The molecule has 6 nitrogen and oxygen atoms in total. The summed E-state index contributed by atoms with van der Waals surface area (Å²) in [6.45, 7) is 10.1. The molecular formula is C15H27N3O3. The Hall–Kier alpha value is -1.24. The van der Waals surface area contributed by atoms with E-state index < -0.39 is 11.9 Å². The fourth-order valence-electron chi connectivity index (χ4n) is 2.46. The second-order valence-corrected chi connectivity index (χ2v) is 5.03. The Morgan fingerprint density at radius 3 is 2.81 bits per heavy atom. The van der Waals surface area contributed by atoms with Gasteiger partial charge in [0, 0.05) is 32.8 Å². The molecule has 1 heterocycles. The van der Waals surface area contributed by atoms with Crippen molar-refractivity contribution in [2.75, 3.05) is 39.4 Å². The van der Waals surface area contributed by atoms with Gasteiger partial charge >= 0.3 is 5.97 Å². The van der Waals surface area contributed by atoms with Gasteiger partial charge in [-0.05, 0) is 26.5 Å². The third kappa shape index (κ3) is 6.37. The van der Waals surface area contributed by atoms with E-state index in [1.54, 1.807) is 6.08 Å². The molecule has 1 rings (SSSR count). The van der Waals surface area contributed by atoms with Crippen LogP contribution in [0.25, 0.3) is 0 Å². The van der Waals surface area contributed by atoms with Crippen LogP contribution in [0.3, 0.4) is 0 Å². The maximum absolute atomic E-state index is 11.5. The minimum atomic E-state index is -0.857. The summed E-state index contributed by atoms with van der Waals surface area (Å²) in [5, 5.41) is 12.6. The van der Waals surface area contributed by atoms with Crippen molar-refractivity contribution in [3.8, 4) is 0 Å². The zero-order chi connectivity index (χ0) is 15.5. The van der Waals surface area contributed by atoms with Gasteiger partial charge in [0.05, 0.1) is 6.61 Å². The average Bonchev–Trinajstić information content (AvgIpc) is 2.99. The van der Waals surface area contributed by atoms with E-state index in [1.165, 1.54) is 0 Å². The number of likely N-dealkylation sites (tertiary alicyclic amines) is 1. The summed E-state index contributed by atoms with van der Waals surface area (Å²) in [4.78, 5) is 17.6. The summed E-state index contributed by atoms with van der Waals surface area (Å²) >= 11 is 0. The number of hydrogen-bond donors (Lipinski definition) is 2. The van der Waals surface area contributed by atoms with Crippen LogP contribution in [-0.2, 0) is 9.53 Å². The summed E-state index contributed by atoms with van der Waals surface area (Å²) in [6.07, 6.45) is 5.39. The molecule has 120 valence electrons. The van der Waals surface area contributed by atoms with Crippen LogP contribution in [0, 0.1) is 5.92 Å². The molecule has 2 N–H and O–H groups in total. The third-order valence-electron chi connectivity index (χ3n) is 3.54. The van der Waals surface area contributed by atoms with E-state index in [9.17, 15) is 9.90 Å². The van der Waals surface area contributed by atoms with Crippen LogP contribution in [-0.4, -0.2) is 68.3 Å². The van der Waals surface area contributed by atoms with Gasteiger partial charge in [-0.3, -0.25) is 14.7 Å². The smallest absolute Gasteiger partial charge is 0.313 e. The van der Waals surface area contributed by atoms with Gasteiger partial charge in [-0.15, -0.1) is 0 Å². The monoisotopic (exact) mass is 297 g/mol. The number of nitrogens with one attached hydrogen (secondary N) is 1. The number of carboxylic acid groups (broad SMARTS) is 1. The van der Waals surface area contributed by atoms with Crippen LogP contribution < -0.4 is 5.32 Å². The van der Waals surface area contributed by atoms with Crippen molar-refractivity contribution in [2.24, 2.45) is 10.9 Å². The lowest BCUT2D eigenvalue weighted by molar-refractivity contribution is -0.142. The van der Waals surface area contributed by atoms with Gasteiger partial charge in [0.15, 0.2) is 0 Å². The molecule has 0 radical (unpaired) electrons. The zero-order valence-corrected chi connectivity index (χ0v) is 12.8. The van der Waals surface area contributed by atoms with Crippen LogP contribution in [0.15, 0.2) is 17.1 Å². The first-order valence-corrected chi connectivity index (χ1v) is 7.58. The molecule has 2 atom stereocenters. The molecule has 2 unspecified atom stereocenters. The maximum atomic E-state index is 11.5. The molecule has 0 aromatic heterocycles. The largest absolute Gasteiger partial charge is 0.481 e. The van der Waals surface area contributed by atoms with E-state index in [-0.39, 0.29) is 6.17 Å². The Labute approximate surface area is 126 Å². The van der Waals surface area contributed by atoms with E-state index in [1.807, 2.05) is 13.0 Å². The number of hydrogen-bond acceptors (Lipinski definition) is 5. The summed E-state index contributed by atoms with van der Waals surface area (Å²) in [6, 6.07) is 0. The van der Waals surface area contributed by atoms with Crippen molar-refractivity contribution in [1.29, 1.82) is 0 Å². The Balaban J connectivity index is 2.44. The number of carboxylic acids is 1. The molecule has 1 saturated heterocycles. The Morgan fingerprint density at radius 2 is 2.24 bits per heavy atom. The summed E-state index contributed by atoms with van der Waals surface area (Å²) < 4.78 is 5.21. The molecule has 1 fully saturated rings. The molecule has 0 amide bonds. The zero-order valence-electron chi connectivity index (χ0n) is 12.8. The van der Waals surface area contributed by atoms with E-state index in [4.69, 9.17) is 4.74 Å². The quantitative estimate of drug-likeness (QED) is 0.338. The van der Waals surface area contributed by atoms with Gasteiger partial charge in [-0.25, -0.2) is 0 Å². The highest BCUT2D eigenvalue weighted by atomic mass is 16.5. The lowest BCUT2D eigenvalue weighted by atomic mass is 10.0. The number of carbonyl (C=O) groups is 1. The summed E-state index contributed by atoms with van der Waals surface area (Å²) in [5.41, 5.74) is 0. The van der Waals surface area contributed by atoms with Crippen molar-refractivity contribution in [1.82, 2.24) is 10.2 Å². The van der Waals surface area contributed by atoms with Crippen LogP contribution >= 0.6 is 0 Å². The Bertz CT molecular complexity index is 341. The van der Waals surface area contributed by atoms with Crippen molar-refractivity contribution < 1.29 is 14.6 Å². The second-order valence-electron chi connectivity index (χ2n) is 5.03. The molecule has 0 aromatic rings. The first kappa shape index (κ1) is 17.8. The van der Waals surface area contributed by atoms with Crippen LogP contribution in [0.2, 0.25) is 0 Å². The maximum Gasteiger partial charge on any atom is 0.313 e. The molecule has 0 spiro atoms. The fourth-order valence-corrected chi connectivity index (χ4v) is 2.46. The van der Waals surface area contributed by atoms with Crippen molar-refractivity contribution >= 4 is 12.7 Å². The molecule has 6 heteroatoms. The van der Waals surface area contributed by atoms with Crippen molar-refractivity contribution in [2.45, 2.75) is 25.9 Å². The number of nitrogens with zero attached hydrogens (tertiary/aromatic N) is 2. The van der Waals surface area contributed by atoms with Gasteiger partial charge in [0.1, 0.15) is 12.1 Å². The minimum absolute atomic E-state index is 0.371. The second kappa shape index (κ2) is 10.5. The average molecular weight is 297 g/mol. The highest BCUT2D eigenvalue weighted by Crippen LogP contribution is 2.20. The standard InChI is InChI=1S/C15H27N3O3/c1-3-21-12-9-17-8-6-7-13(15(19)20)14(16-2)18-10-4-5-11-18/h6-7,13-14,17H,2-5,8-12H2,1H3,(H,19,20)/b7-6+. The first-order valence-electron chi connectivity index (χ1n) is 7.58. The topological polar surface area (TPSA) is 74.2 Å². The number of ether oxygens (including phenoxy) is 1. The molecule has 1 aliphatic heterocycles. The van der Waals surface area contributed by atoms with Crippen LogP contribution in [0.4, 0.5) is 0 Å². The minimum Gasteiger partial charge on any atom is -0.481 e. The van der Waals surface area contributed by atoms with E-state index in [0.29, 0.717) is 19.8 Å². The molecule has 21 heavy (non-hydrogen) atoms. The van der Waals surface area contributed by atoms with Gasteiger partial charge in [0.25, 0.3) is 0 Å². The first-order chi connectivity index (χ1) is 10.2. The summed E-state index contributed by atoms with van der Waals surface area (Å²) in [7, 11) is 0. The molecular weight excluding hydrogens is 270 g/mol. The fraction of sp³-hybridized carbons (Fsp3) is 0.733. The van der Waals surface area contributed by atoms with Crippen LogP contribution in [0.5, 0.6) is 0 Å². The lowest BCUT2D eigenvalue weighted by Crippen LogP contribution is -2.40. The van der Waals surface area contributed by atoms with Gasteiger partial charge in [-0.2, -0.15) is 0 Å². The van der Waals surface area contributed by atoms with Crippen molar-refractivity contribution in [3.05, 3.63) is 12.2 Å². The SMILES string of the molecule is C=NC(C(/C=C/CNCCOCC)C(=O)O)N1CCCC1. The predicted molar refractivity (Wildman–Crippen MR) is 83.8 cm³/mol. The highest BCUT2D eigenvalue weighted by molar-refractivity contribution is 5.73. The van der Waals surface area contributed by atoms with Crippen molar-refractivity contribution in [3.63, 3.8) is 0 Å². The molecule has 0 aliphatic carbocycles. The normalized spacial score (nSPS) is 18.9. The molecule has 0 saturated carbocycles. The summed E-state index contributed by atoms with van der Waals surface area (Å²) in [5.74, 6) is -1.50. The third-order valence-corrected chi connectivity index (χ3v) is 3.54. The highest BCUT2D eigenvalue weighted by Gasteiger charge is 2.31. The number of aliphatic imine (C=N–C) groups is 1. The molecule has 0 bridgehead atoms. The van der Waals surface area contributed by atoms with Gasteiger partial charge < -0.3 is 15.2 Å². The van der Waals surface area contributed by atoms with E-state index >= 15 is 0 Å². The van der Waals surface area contributed by atoms with Gasteiger partial charge in [-0.1, -0.05) is 12.2 Å². The molecule has 1 aliphatic rings. The van der Waals surface area contributed by atoms with Gasteiger partial charge in [0.2, 0.25) is 0 Å². The molecule has 0 aromatic carbocycles. The number of rotatable bonds is 11. The lowest BCUT2D eigenvalue weighted by Gasteiger charge is -2.27. The predicted octanol–water partition coefficient (Wildman–Crippen LogP) is 0.992.